The Kier molecular flexibility index (Phi) is 4.35. The lowest BCUT2D eigenvalue weighted by Gasteiger charge is -2.25. The highest BCUT2D eigenvalue weighted by atomic mass is 32.2. The monoisotopic (exact) mass is 322 g/mol. The molecule has 3 rings (SSSR count). The van der Waals surface area contributed by atoms with Gasteiger partial charge >= 0.3 is 0 Å². The van der Waals surface area contributed by atoms with Gasteiger partial charge in [0, 0.05) is 31.8 Å². The normalized spacial score (nSPS) is 21.7. The molecule has 2 saturated heterocycles. The quantitative estimate of drug-likeness (QED) is 0.629. The second kappa shape index (κ2) is 6.23. The van der Waals surface area contributed by atoms with Crippen LogP contribution in [0, 0.1) is 0 Å². The zero-order valence-corrected chi connectivity index (χ0v) is 13.6. The predicted molar refractivity (Wildman–Crippen MR) is 90.3 cm³/mol. The molecule has 0 atom stereocenters. The van der Waals surface area contributed by atoms with Crippen LogP contribution in [0.15, 0.2) is 21.5 Å². The van der Waals surface area contributed by atoms with Crippen LogP contribution in [0.4, 0.5) is 5.88 Å². The molecule has 0 N–H and O–H groups in total. The fourth-order valence-electron chi connectivity index (χ4n) is 2.61. The molecule has 0 aliphatic carbocycles. The minimum absolute atomic E-state index is 0.0246. The summed E-state index contributed by atoms with van der Waals surface area (Å²) in [5, 5.41) is 0. The third-order valence-corrected chi connectivity index (χ3v) is 5.12. The van der Waals surface area contributed by atoms with Crippen LogP contribution < -0.4 is 4.90 Å². The van der Waals surface area contributed by atoms with Gasteiger partial charge in [-0.05, 0) is 32.3 Å². The Morgan fingerprint density at radius 2 is 2.10 bits per heavy atom. The molecule has 1 aromatic rings. The number of hydrogen-bond donors (Lipinski definition) is 0. The fourth-order valence-corrected chi connectivity index (χ4v) is 3.97. The van der Waals surface area contributed by atoms with Gasteiger partial charge in [0.15, 0.2) is 5.88 Å². The number of hydrogen-bond acceptors (Lipinski definition) is 5. The van der Waals surface area contributed by atoms with Crippen LogP contribution in [0.2, 0.25) is 0 Å². The minimum atomic E-state index is -0.0246. The first kappa shape index (κ1) is 14.7. The molecule has 0 radical (unpaired) electrons. The molecule has 3 heterocycles. The van der Waals surface area contributed by atoms with Gasteiger partial charge in [0.2, 0.25) is 0 Å². The van der Waals surface area contributed by atoms with E-state index in [0.717, 1.165) is 19.0 Å². The summed E-state index contributed by atoms with van der Waals surface area (Å²) in [6.07, 6.45) is 5.52. The zero-order valence-electron chi connectivity index (χ0n) is 12.0. The summed E-state index contributed by atoms with van der Waals surface area (Å²) in [6.45, 7) is 4.63. The van der Waals surface area contributed by atoms with Crippen molar-refractivity contribution in [2.45, 2.75) is 26.2 Å². The topological polar surface area (TPSA) is 36.7 Å². The second-order valence-electron chi connectivity index (χ2n) is 5.15. The van der Waals surface area contributed by atoms with Crippen LogP contribution in [0.1, 0.15) is 31.9 Å². The summed E-state index contributed by atoms with van der Waals surface area (Å²) < 4.78 is 6.48. The molecule has 112 valence electrons. The second-order valence-corrected chi connectivity index (χ2v) is 6.83. The van der Waals surface area contributed by atoms with Crippen molar-refractivity contribution >= 4 is 46.2 Å². The minimum Gasteiger partial charge on any atom is -0.441 e. The number of thiocarbonyl (C=S) groups is 1. The molecule has 0 aromatic carbocycles. The van der Waals surface area contributed by atoms with Gasteiger partial charge in [0.05, 0.1) is 4.91 Å². The summed E-state index contributed by atoms with van der Waals surface area (Å²) in [5.74, 6) is 1.59. The Morgan fingerprint density at radius 1 is 1.33 bits per heavy atom. The Hall–Kier alpha value is -1.27. The summed E-state index contributed by atoms with van der Waals surface area (Å²) in [5.41, 5.74) is 0. The van der Waals surface area contributed by atoms with E-state index in [9.17, 15) is 4.79 Å². The number of rotatable bonds is 3. The first-order valence-electron chi connectivity index (χ1n) is 7.29. The van der Waals surface area contributed by atoms with E-state index in [4.69, 9.17) is 16.6 Å². The van der Waals surface area contributed by atoms with Gasteiger partial charge in [-0.15, -0.1) is 0 Å². The van der Waals surface area contributed by atoms with Gasteiger partial charge in [-0.3, -0.25) is 9.69 Å². The number of anilines is 1. The average Bonchev–Trinajstić information content (AvgIpc) is 3.06. The summed E-state index contributed by atoms with van der Waals surface area (Å²) in [6, 6.07) is 3.90. The number of nitrogens with zero attached hydrogens (tertiary/aromatic N) is 2. The highest BCUT2D eigenvalue weighted by Crippen LogP contribution is 2.33. The molecule has 2 fully saturated rings. The maximum absolute atomic E-state index is 12.2. The summed E-state index contributed by atoms with van der Waals surface area (Å²) >= 11 is 6.55. The molecule has 0 bridgehead atoms. The molecule has 2 aliphatic rings. The molecular formula is C15H18N2O2S2. The van der Waals surface area contributed by atoms with Gasteiger partial charge in [0.1, 0.15) is 10.1 Å². The van der Waals surface area contributed by atoms with Gasteiger partial charge in [-0.25, -0.2) is 0 Å². The number of thioether (sulfide) groups is 1. The molecule has 6 heteroatoms. The van der Waals surface area contributed by atoms with Crippen molar-refractivity contribution in [2.24, 2.45) is 0 Å². The van der Waals surface area contributed by atoms with Crippen molar-refractivity contribution in [3.63, 3.8) is 0 Å². The van der Waals surface area contributed by atoms with E-state index in [1.165, 1.54) is 31.0 Å². The van der Waals surface area contributed by atoms with E-state index in [0.29, 0.717) is 21.5 Å². The number of furan rings is 1. The number of piperidine rings is 1. The largest absolute Gasteiger partial charge is 0.441 e. The van der Waals surface area contributed by atoms with Gasteiger partial charge in [0.25, 0.3) is 5.91 Å². The Bertz CT molecular complexity index is 588. The predicted octanol–water partition coefficient (Wildman–Crippen LogP) is 3.49. The lowest BCUT2D eigenvalue weighted by Crippen LogP contribution is -2.28. The fraction of sp³-hybridized carbons (Fsp3) is 0.467. The molecule has 0 spiro atoms. The van der Waals surface area contributed by atoms with Crippen LogP contribution in [-0.2, 0) is 4.79 Å². The van der Waals surface area contributed by atoms with Crippen molar-refractivity contribution in [1.82, 2.24) is 4.90 Å². The zero-order chi connectivity index (χ0) is 14.8. The maximum Gasteiger partial charge on any atom is 0.266 e. The van der Waals surface area contributed by atoms with Crippen LogP contribution in [0.25, 0.3) is 6.08 Å². The van der Waals surface area contributed by atoms with Crippen molar-refractivity contribution in [3.05, 3.63) is 22.8 Å². The molecule has 2 aliphatic heterocycles. The molecule has 1 amide bonds. The molecule has 1 aromatic heterocycles. The van der Waals surface area contributed by atoms with E-state index in [2.05, 4.69) is 4.90 Å². The number of carbonyl (C=O) groups excluding carboxylic acids is 1. The van der Waals surface area contributed by atoms with E-state index in [1.807, 2.05) is 19.1 Å². The van der Waals surface area contributed by atoms with Crippen LogP contribution in [-0.4, -0.2) is 34.8 Å². The highest BCUT2D eigenvalue weighted by molar-refractivity contribution is 8.26. The molecule has 0 saturated carbocycles. The van der Waals surface area contributed by atoms with Crippen LogP contribution >= 0.6 is 24.0 Å². The van der Waals surface area contributed by atoms with E-state index < -0.39 is 0 Å². The highest BCUT2D eigenvalue weighted by Gasteiger charge is 2.30. The Morgan fingerprint density at radius 3 is 2.76 bits per heavy atom. The third-order valence-electron chi connectivity index (χ3n) is 3.74. The number of carbonyl (C=O) groups is 1. The SMILES string of the molecule is CCN1C(=O)/C(=C/c2ccc(N3CCCCC3)o2)SC1=S. The van der Waals surface area contributed by atoms with Crippen molar-refractivity contribution < 1.29 is 9.21 Å². The summed E-state index contributed by atoms with van der Waals surface area (Å²) in [4.78, 5) is 16.7. The lowest BCUT2D eigenvalue weighted by molar-refractivity contribution is -0.121. The van der Waals surface area contributed by atoms with Crippen LogP contribution in [0.3, 0.4) is 0 Å². The number of likely N-dealkylation sites (N-methyl/N-ethyl adjacent to an activating group) is 1. The Balaban J connectivity index is 1.76. The van der Waals surface area contributed by atoms with Gasteiger partial charge < -0.3 is 9.32 Å². The van der Waals surface area contributed by atoms with Crippen molar-refractivity contribution in [2.75, 3.05) is 24.5 Å². The maximum atomic E-state index is 12.2. The third kappa shape index (κ3) is 3.01. The van der Waals surface area contributed by atoms with E-state index >= 15 is 0 Å². The van der Waals surface area contributed by atoms with Crippen molar-refractivity contribution in [1.29, 1.82) is 0 Å². The van der Waals surface area contributed by atoms with Crippen LogP contribution in [0.5, 0.6) is 0 Å². The molecule has 4 nitrogen and oxygen atoms in total. The first-order chi connectivity index (χ1) is 10.2. The molecule has 0 unspecified atom stereocenters. The van der Waals surface area contributed by atoms with Crippen molar-refractivity contribution in [3.8, 4) is 0 Å². The first-order valence-corrected chi connectivity index (χ1v) is 8.51. The molecular weight excluding hydrogens is 304 g/mol. The Labute approximate surface area is 134 Å². The summed E-state index contributed by atoms with van der Waals surface area (Å²) in [7, 11) is 0. The molecule has 21 heavy (non-hydrogen) atoms. The van der Waals surface area contributed by atoms with E-state index in [-0.39, 0.29) is 5.91 Å². The number of amides is 1. The van der Waals surface area contributed by atoms with E-state index in [1.54, 1.807) is 11.0 Å². The van der Waals surface area contributed by atoms with Gasteiger partial charge in [-0.1, -0.05) is 24.0 Å². The lowest BCUT2D eigenvalue weighted by atomic mass is 10.1. The smallest absolute Gasteiger partial charge is 0.266 e. The standard InChI is InChI=1S/C15H18N2O2S2/c1-2-17-14(18)12(21-15(17)20)10-11-6-7-13(19-11)16-8-4-3-5-9-16/h6-7,10H,2-5,8-9H2,1H3/b12-10-. The average molecular weight is 322 g/mol. The van der Waals surface area contributed by atoms with Gasteiger partial charge in [-0.2, -0.15) is 0 Å².